The van der Waals surface area contributed by atoms with E-state index in [-0.39, 0.29) is 5.91 Å². The minimum atomic E-state index is -0.916. The van der Waals surface area contributed by atoms with Gasteiger partial charge in [0.05, 0.1) is 13.7 Å². The largest absolute Gasteiger partial charge is 0.497 e. The molecule has 1 amide bonds. The normalized spacial score (nSPS) is 17.3. The Morgan fingerprint density at radius 1 is 1.27 bits per heavy atom. The van der Waals surface area contributed by atoms with E-state index in [4.69, 9.17) is 14.6 Å². The van der Waals surface area contributed by atoms with E-state index in [1.165, 1.54) is 4.90 Å². The summed E-state index contributed by atoms with van der Waals surface area (Å²) in [5, 5.41) is 9.07. The van der Waals surface area contributed by atoms with Gasteiger partial charge in [-0.3, -0.25) is 4.79 Å². The lowest BCUT2D eigenvalue weighted by molar-refractivity contribution is -0.148. The highest BCUT2D eigenvalue weighted by molar-refractivity contribution is 5.84. The lowest BCUT2D eigenvalue weighted by Gasteiger charge is -2.21. The van der Waals surface area contributed by atoms with Crippen molar-refractivity contribution in [1.82, 2.24) is 4.90 Å². The molecule has 1 heterocycles. The Morgan fingerprint density at radius 2 is 1.95 bits per heavy atom. The highest BCUT2D eigenvalue weighted by Gasteiger charge is 2.33. The summed E-state index contributed by atoms with van der Waals surface area (Å²) in [4.78, 5) is 24.6. The van der Waals surface area contributed by atoms with Crippen LogP contribution < -0.4 is 9.47 Å². The number of methoxy groups -OCH3 is 1. The summed E-state index contributed by atoms with van der Waals surface area (Å²) < 4.78 is 10.6. The number of nitrogens with zero attached hydrogens (tertiary/aromatic N) is 1. The number of likely N-dealkylation sites (tertiary alicyclic amines) is 1. The average molecular weight is 307 g/mol. The van der Waals surface area contributed by atoms with Gasteiger partial charge in [0.25, 0.3) is 0 Å². The minimum absolute atomic E-state index is 0.108. The van der Waals surface area contributed by atoms with Crippen LogP contribution in [0.15, 0.2) is 24.3 Å². The quantitative estimate of drug-likeness (QED) is 0.779. The van der Waals surface area contributed by atoms with Crippen LogP contribution in [0.3, 0.4) is 0 Å². The van der Waals surface area contributed by atoms with Crippen LogP contribution in [0.1, 0.15) is 25.7 Å². The van der Waals surface area contributed by atoms with E-state index in [2.05, 4.69) is 0 Å². The first kappa shape index (κ1) is 16.1. The molecule has 6 nitrogen and oxygen atoms in total. The number of carboxylic acids is 1. The van der Waals surface area contributed by atoms with E-state index < -0.39 is 12.0 Å². The number of amides is 1. The molecule has 6 heteroatoms. The first-order chi connectivity index (χ1) is 10.6. The van der Waals surface area contributed by atoms with Crippen LogP contribution in [0.5, 0.6) is 11.5 Å². The van der Waals surface area contributed by atoms with E-state index in [1.54, 1.807) is 7.11 Å². The van der Waals surface area contributed by atoms with Crippen LogP contribution in [0.4, 0.5) is 0 Å². The molecule has 1 aromatic carbocycles. The molecule has 120 valence electrons. The molecule has 0 spiro atoms. The average Bonchev–Trinajstić information content (AvgIpc) is 3.02. The monoisotopic (exact) mass is 307 g/mol. The highest BCUT2D eigenvalue weighted by Crippen LogP contribution is 2.20. The van der Waals surface area contributed by atoms with E-state index in [0.717, 1.165) is 17.9 Å². The van der Waals surface area contributed by atoms with Crippen LogP contribution in [0.2, 0.25) is 0 Å². The van der Waals surface area contributed by atoms with Crippen LogP contribution >= 0.6 is 0 Å². The third-order valence-electron chi connectivity index (χ3n) is 3.72. The Bertz CT molecular complexity index is 514. The van der Waals surface area contributed by atoms with Gasteiger partial charge in [-0.2, -0.15) is 0 Å². The van der Waals surface area contributed by atoms with Gasteiger partial charge in [0.2, 0.25) is 5.91 Å². The van der Waals surface area contributed by atoms with Crippen LogP contribution in [0.25, 0.3) is 0 Å². The van der Waals surface area contributed by atoms with Crippen molar-refractivity contribution in [3.8, 4) is 11.5 Å². The molecule has 1 unspecified atom stereocenters. The molecule has 1 N–H and O–H groups in total. The molecule has 0 radical (unpaired) electrons. The van der Waals surface area contributed by atoms with Crippen molar-refractivity contribution < 1.29 is 24.2 Å². The zero-order valence-electron chi connectivity index (χ0n) is 12.7. The Labute approximate surface area is 129 Å². The van der Waals surface area contributed by atoms with Gasteiger partial charge in [0.1, 0.15) is 17.5 Å². The molecule has 22 heavy (non-hydrogen) atoms. The van der Waals surface area contributed by atoms with E-state index >= 15 is 0 Å². The van der Waals surface area contributed by atoms with Gasteiger partial charge in [-0.1, -0.05) is 0 Å². The second-order valence-electron chi connectivity index (χ2n) is 5.21. The summed E-state index contributed by atoms with van der Waals surface area (Å²) in [7, 11) is 1.60. The Morgan fingerprint density at radius 3 is 2.59 bits per heavy atom. The predicted octanol–water partition coefficient (Wildman–Crippen LogP) is 1.93. The van der Waals surface area contributed by atoms with Gasteiger partial charge in [-0.05, 0) is 43.5 Å². The number of carboxylic acid groups (broad SMARTS) is 1. The number of hydrogen-bond donors (Lipinski definition) is 1. The molecule has 0 saturated carbocycles. The Balaban J connectivity index is 1.71. The lowest BCUT2D eigenvalue weighted by Crippen LogP contribution is -2.40. The van der Waals surface area contributed by atoms with Crippen molar-refractivity contribution in [2.45, 2.75) is 31.7 Å². The topological polar surface area (TPSA) is 76.1 Å². The van der Waals surface area contributed by atoms with Crippen molar-refractivity contribution >= 4 is 11.9 Å². The van der Waals surface area contributed by atoms with Gasteiger partial charge >= 0.3 is 5.97 Å². The number of rotatable bonds is 7. The van der Waals surface area contributed by atoms with Crippen LogP contribution in [0, 0.1) is 0 Å². The van der Waals surface area contributed by atoms with Crippen LogP contribution in [-0.2, 0) is 9.59 Å². The fraction of sp³-hybridized carbons (Fsp3) is 0.500. The zero-order valence-corrected chi connectivity index (χ0v) is 12.7. The molecule has 1 aliphatic heterocycles. The molecular formula is C16H21NO5. The smallest absolute Gasteiger partial charge is 0.326 e. The third-order valence-corrected chi connectivity index (χ3v) is 3.72. The summed E-state index contributed by atoms with van der Waals surface area (Å²) in [5.74, 6) is 0.456. The fourth-order valence-corrected chi connectivity index (χ4v) is 2.55. The lowest BCUT2D eigenvalue weighted by atomic mass is 10.2. The van der Waals surface area contributed by atoms with Crippen molar-refractivity contribution in [1.29, 1.82) is 0 Å². The number of aliphatic carboxylic acids is 1. The molecule has 1 atom stereocenters. The standard InChI is InChI=1S/C16H21NO5/c1-21-12-6-8-13(9-7-12)22-11-3-5-15(18)17-10-2-4-14(17)16(19)20/h6-9,14H,2-5,10-11H2,1H3,(H,19,20). The van der Waals surface area contributed by atoms with E-state index in [1.807, 2.05) is 24.3 Å². The second-order valence-corrected chi connectivity index (χ2v) is 5.21. The first-order valence-electron chi connectivity index (χ1n) is 7.41. The van der Waals surface area contributed by atoms with Crippen molar-refractivity contribution in [2.75, 3.05) is 20.3 Å². The van der Waals surface area contributed by atoms with Crippen LogP contribution in [-0.4, -0.2) is 48.2 Å². The first-order valence-corrected chi connectivity index (χ1v) is 7.41. The maximum Gasteiger partial charge on any atom is 0.326 e. The maximum atomic E-state index is 12.0. The van der Waals surface area contributed by atoms with Gasteiger partial charge < -0.3 is 19.5 Å². The SMILES string of the molecule is COc1ccc(OCCCC(=O)N2CCCC2C(=O)O)cc1. The number of carbonyl (C=O) groups excluding carboxylic acids is 1. The van der Waals surface area contributed by atoms with Gasteiger partial charge in [-0.25, -0.2) is 4.79 Å². The predicted molar refractivity (Wildman–Crippen MR) is 80.1 cm³/mol. The van der Waals surface area contributed by atoms with E-state index in [0.29, 0.717) is 32.4 Å². The summed E-state index contributed by atoms with van der Waals surface area (Å²) in [6.07, 6.45) is 2.17. The van der Waals surface area contributed by atoms with Gasteiger partial charge in [-0.15, -0.1) is 0 Å². The summed E-state index contributed by atoms with van der Waals surface area (Å²) in [6, 6.07) is 6.57. The highest BCUT2D eigenvalue weighted by atomic mass is 16.5. The molecule has 1 aromatic rings. The fourth-order valence-electron chi connectivity index (χ4n) is 2.55. The van der Waals surface area contributed by atoms with Crippen molar-refractivity contribution in [2.24, 2.45) is 0 Å². The summed E-state index contributed by atoms with van der Waals surface area (Å²) in [5.41, 5.74) is 0. The van der Waals surface area contributed by atoms with Gasteiger partial charge in [0, 0.05) is 13.0 Å². The molecule has 1 fully saturated rings. The molecule has 0 aromatic heterocycles. The molecular weight excluding hydrogens is 286 g/mol. The molecule has 0 bridgehead atoms. The van der Waals surface area contributed by atoms with Crippen molar-refractivity contribution in [3.05, 3.63) is 24.3 Å². The molecule has 0 aliphatic carbocycles. The van der Waals surface area contributed by atoms with E-state index in [9.17, 15) is 9.59 Å². The molecule has 2 rings (SSSR count). The van der Waals surface area contributed by atoms with Crippen molar-refractivity contribution in [3.63, 3.8) is 0 Å². The summed E-state index contributed by atoms with van der Waals surface area (Å²) >= 11 is 0. The third kappa shape index (κ3) is 4.13. The summed E-state index contributed by atoms with van der Waals surface area (Å²) in [6.45, 7) is 0.957. The number of carbonyl (C=O) groups is 2. The number of ether oxygens (including phenoxy) is 2. The number of benzene rings is 1. The second kappa shape index (κ2) is 7.68. The Hall–Kier alpha value is -2.24. The number of hydrogen-bond acceptors (Lipinski definition) is 4. The Kier molecular flexibility index (Phi) is 5.63. The maximum absolute atomic E-state index is 12.0. The minimum Gasteiger partial charge on any atom is -0.497 e. The zero-order chi connectivity index (χ0) is 15.9. The molecule has 1 aliphatic rings. The van der Waals surface area contributed by atoms with Gasteiger partial charge in [0.15, 0.2) is 0 Å². The molecule has 1 saturated heterocycles.